The maximum Gasteiger partial charge on any atom is 0.223 e. The van der Waals surface area contributed by atoms with E-state index >= 15 is 0 Å². The van der Waals surface area contributed by atoms with Crippen LogP contribution >= 0.6 is 0 Å². The molecule has 1 aliphatic rings. The van der Waals surface area contributed by atoms with Gasteiger partial charge in [0.25, 0.3) is 0 Å². The maximum atomic E-state index is 12.0. The second-order valence-corrected chi connectivity index (χ2v) is 5.33. The van der Waals surface area contributed by atoms with Gasteiger partial charge in [0, 0.05) is 38.5 Å². The monoisotopic (exact) mass is 264 g/mol. The van der Waals surface area contributed by atoms with Gasteiger partial charge in [-0.05, 0) is 38.3 Å². The van der Waals surface area contributed by atoms with Gasteiger partial charge < -0.3 is 14.6 Å². The summed E-state index contributed by atoms with van der Waals surface area (Å²) >= 11 is 0. The first-order valence-corrected chi connectivity index (χ1v) is 7.29. The highest BCUT2D eigenvalue weighted by Gasteiger charge is 2.16. The largest absolute Gasteiger partial charge is 0.469 e. The van der Waals surface area contributed by atoms with Crippen molar-refractivity contribution in [3.63, 3.8) is 0 Å². The number of carbonyl (C=O) groups is 1. The molecule has 2 rings (SSSR count). The van der Waals surface area contributed by atoms with Gasteiger partial charge in [-0.1, -0.05) is 0 Å². The molecule has 1 aromatic heterocycles. The van der Waals surface area contributed by atoms with Gasteiger partial charge in [-0.3, -0.25) is 4.79 Å². The molecule has 1 amide bonds. The van der Waals surface area contributed by atoms with E-state index in [4.69, 9.17) is 4.42 Å². The van der Waals surface area contributed by atoms with Crippen LogP contribution in [0.3, 0.4) is 0 Å². The summed E-state index contributed by atoms with van der Waals surface area (Å²) in [5, 5.41) is 3.38. The summed E-state index contributed by atoms with van der Waals surface area (Å²) in [5.41, 5.74) is 0. The van der Waals surface area contributed by atoms with E-state index in [2.05, 4.69) is 12.2 Å². The number of piperidine rings is 1. The number of furan rings is 1. The summed E-state index contributed by atoms with van der Waals surface area (Å²) in [6, 6.07) is 4.22. The van der Waals surface area contributed by atoms with Gasteiger partial charge >= 0.3 is 0 Å². The number of nitrogens with zero attached hydrogens (tertiary/aromatic N) is 1. The Balaban J connectivity index is 1.61. The van der Waals surface area contributed by atoms with Gasteiger partial charge in [-0.2, -0.15) is 0 Å². The fourth-order valence-electron chi connectivity index (χ4n) is 2.53. The van der Waals surface area contributed by atoms with Crippen molar-refractivity contribution < 1.29 is 9.21 Å². The van der Waals surface area contributed by atoms with Crippen LogP contribution in [0.4, 0.5) is 0 Å². The Morgan fingerprint density at radius 3 is 2.89 bits per heavy atom. The van der Waals surface area contributed by atoms with Crippen LogP contribution in [-0.4, -0.2) is 36.5 Å². The van der Waals surface area contributed by atoms with Gasteiger partial charge in [0.05, 0.1) is 6.26 Å². The first-order valence-electron chi connectivity index (χ1n) is 7.29. The normalized spacial score (nSPS) is 17.4. The molecule has 106 valence electrons. The average molecular weight is 264 g/mol. The zero-order valence-electron chi connectivity index (χ0n) is 11.7. The molecule has 0 radical (unpaired) electrons. The maximum absolute atomic E-state index is 12.0. The van der Waals surface area contributed by atoms with Gasteiger partial charge in [0.1, 0.15) is 5.76 Å². The van der Waals surface area contributed by atoms with Crippen LogP contribution in [-0.2, 0) is 11.2 Å². The Morgan fingerprint density at radius 2 is 2.21 bits per heavy atom. The molecule has 1 saturated heterocycles. The standard InChI is InChI=1S/C15H24N2O2/c1-13(12-14-6-5-11-19-14)16-8-7-15(18)17-9-3-2-4-10-17/h5-6,11,13,16H,2-4,7-10,12H2,1H3. The van der Waals surface area contributed by atoms with Gasteiger partial charge in [0.2, 0.25) is 5.91 Å². The van der Waals surface area contributed by atoms with Crippen LogP contribution in [0.25, 0.3) is 0 Å². The van der Waals surface area contributed by atoms with E-state index in [0.717, 1.165) is 44.7 Å². The second-order valence-electron chi connectivity index (χ2n) is 5.33. The van der Waals surface area contributed by atoms with Crippen LogP contribution in [0.2, 0.25) is 0 Å². The summed E-state index contributed by atoms with van der Waals surface area (Å²) < 4.78 is 5.31. The molecule has 1 unspecified atom stereocenters. The predicted molar refractivity (Wildman–Crippen MR) is 74.9 cm³/mol. The van der Waals surface area contributed by atoms with E-state index in [-0.39, 0.29) is 5.91 Å². The van der Waals surface area contributed by atoms with E-state index in [1.54, 1.807) is 6.26 Å². The van der Waals surface area contributed by atoms with Crippen LogP contribution in [0.15, 0.2) is 22.8 Å². The molecule has 0 aromatic carbocycles. The molecule has 1 aromatic rings. The minimum Gasteiger partial charge on any atom is -0.469 e. The van der Waals surface area contributed by atoms with Crippen molar-refractivity contribution in [2.75, 3.05) is 19.6 Å². The topological polar surface area (TPSA) is 45.5 Å². The number of likely N-dealkylation sites (tertiary alicyclic amines) is 1. The van der Waals surface area contributed by atoms with Crippen molar-refractivity contribution in [1.29, 1.82) is 0 Å². The lowest BCUT2D eigenvalue weighted by atomic mass is 10.1. The number of rotatable bonds is 6. The van der Waals surface area contributed by atoms with Crippen molar-refractivity contribution in [3.8, 4) is 0 Å². The molecule has 1 atom stereocenters. The summed E-state index contributed by atoms with van der Waals surface area (Å²) in [4.78, 5) is 14.0. The lowest BCUT2D eigenvalue weighted by molar-refractivity contribution is -0.131. The van der Waals surface area contributed by atoms with E-state index in [1.165, 1.54) is 6.42 Å². The van der Waals surface area contributed by atoms with E-state index < -0.39 is 0 Å². The highest BCUT2D eigenvalue weighted by molar-refractivity contribution is 5.76. The van der Waals surface area contributed by atoms with Crippen LogP contribution < -0.4 is 5.32 Å². The number of hydrogen-bond acceptors (Lipinski definition) is 3. The Labute approximate surface area is 115 Å². The molecule has 0 bridgehead atoms. The van der Waals surface area contributed by atoms with E-state index in [9.17, 15) is 4.79 Å². The zero-order chi connectivity index (χ0) is 13.5. The molecular formula is C15H24N2O2. The Morgan fingerprint density at radius 1 is 1.42 bits per heavy atom. The first-order chi connectivity index (χ1) is 9.25. The highest BCUT2D eigenvalue weighted by atomic mass is 16.3. The van der Waals surface area contributed by atoms with Crippen molar-refractivity contribution in [1.82, 2.24) is 10.2 Å². The summed E-state index contributed by atoms with van der Waals surface area (Å²) in [6.07, 6.45) is 6.75. The fourth-order valence-corrected chi connectivity index (χ4v) is 2.53. The Kier molecular flexibility index (Phi) is 5.45. The average Bonchev–Trinajstić information content (AvgIpc) is 2.92. The molecule has 0 spiro atoms. The minimum absolute atomic E-state index is 0.289. The van der Waals surface area contributed by atoms with Crippen molar-refractivity contribution in [2.24, 2.45) is 0 Å². The highest BCUT2D eigenvalue weighted by Crippen LogP contribution is 2.09. The molecule has 1 fully saturated rings. The lowest BCUT2D eigenvalue weighted by Crippen LogP contribution is -2.38. The van der Waals surface area contributed by atoms with E-state index in [1.807, 2.05) is 17.0 Å². The van der Waals surface area contributed by atoms with Crippen LogP contribution in [0.5, 0.6) is 0 Å². The third kappa shape index (κ3) is 4.71. The predicted octanol–water partition coefficient (Wildman–Crippen LogP) is 2.20. The summed E-state index contributed by atoms with van der Waals surface area (Å²) in [7, 11) is 0. The Bertz CT molecular complexity index is 370. The zero-order valence-corrected chi connectivity index (χ0v) is 11.7. The SMILES string of the molecule is CC(Cc1ccco1)NCCC(=O)N1CCCCC1. The van der Waals surface area contributed by atoms with Gasteiger partial charge in [0.15, 0.2) is 0 Å². The number of nitrogens with one attached hydrogen (secondary N) is 1. The number of amides is 1. The van der Waals surface area contributed by atoms with Gasteiger partial charge in [-0.15, -0.1) is 0 Å². The first kappa shape index (κ1) is 14.1. The summed E-state index contributed by atoms with van der Waals surface area (Å²) in [5.74, 6) is 1.28. The summed E-state index contributed by atoms with van der Waals surface area (Å²) in [6.45, 7) is 4.76. The third-order valence-corrected chi connectivity index (χ3v) is 3.63. The minimum atomic E-state index is 0.289. The van der Waals surface area contributed by atoms with Crippen molar-refractivity contribution in [2.45, 2.75) is 45.1 Å². The Hall–Kier alpha value is -1.29. The lowest BCUT2D eigenvalue weighted by Gasteiger charge is -2.27. The van der Waals surface area contributed by atoms with Crippen LogP contribution in [0, 0.1) is 0 Å². The van der Waals surface area contributed by atoms with E-state index in [0.29, 0.717) is 12.5 Å². The van der Waals surface area contributed by atoms with Crippen LogP contribution in [0.1, 0.15) is 38.4 Å². The molecule has 1 N–H and O–H groups in total. The number of carbonyl (C=O) groups excluding carboxylic acids is 1. The molecule has 0 saturated carbocycles. The molecule has 4 heteroatoms. The molecule has 4 nitrogen and oxygen atoms in total. The quantitative estimate of drug-likeness (QED) is 0.856. The third-order valence-electron chi connectivity index (χ3n) is 3.63. The number of hydrogen-bond donors (Lipinski definition) is 1. The molecule has 19 heavy (non-hydrogen) atoms. The second kappa shape index (κ2) is 7.34. The molecular weight excluding hydrogens is 240 g/mol. The fraction of sp³-hybridized carbons (Fsp3) is 0.667. The molecule has 1 aliphatic heterocycles. The molecule has 0 aliphatic carbocycles. The van der Waals surface area contributed by atoms with Crippen molar-refractivity contribution >= 4 is 5.91 Å². The molecule has 2 heterocycles. The van der Waals surface area contributed by atoms with Gasteiger partial charge in [-0.25, -0.2) is 0 Å². The smallest absolute Gasteiger partial charge is 0.223 e. The van der Waals surface area contributed by atoms with Crippen molar-refractivity contribution in [3.05, 3.63) is 24.2 Å².